The van der Waals surface area contributed by atoms with E-state index in [1.54, 1.807) is 31.2 Å². The van der Waals surface area contributed by atoms with Crippen molar-refractivity contribution in [1.82, 2.24) is 9.89 Å². The SMILES string of the molecule is Cc1cc(-c2ccccc2Cl)nn1[N+](=O)[O-]. The molecule has 16 heavy (non-hydrogen) atoms. The van der Waals surface area contributed by atoms with Crippen LogP contribution in [0.3, 0.4) is 0 Å². The summed E-state index contributed by atoms with van der Waals surface area (Å²) in [7, 11) is 0. The lowest BCUT2D eigenvalue weighted by molar-refractivity contribution is -0.553. The number of hydrogen-bond donors (Lipinski definition) is 0. The van der Waals surface area contributed by atoms with Gasteiger partial charge in [0.2, 0.25) is 5.69 Å². The molecule has 0 aliphatic heterocycles. The molecule has 0 spiro atoms. The number of benzene rings is 1. The van der Waals surface area contributed by atoms with Gasteiger partial charge in [-0.2, -0.15) is 0 Å². The molecular formula is C10H8ClN3O2. The van der Waals surface area contributed by atoms with Crippen LogP contribution in [0, 0.1) is 17.0 Å². The van der Waals surface area contributed by atoms with Gasteiger partial charge in [0.25, 0.3) is 0 Å². The standard InChI is InChI=1S/C10H8ClN3O2/c1-7-6-10(12-13(7)14(15)16)8-4-2-3-5-9(8)11/h2-6H,1H3. The second-order valence-corrected chi connectivity index (χ2v) is 3.69. The summed E-state index contributed by atoms with van der Waals surface area (Å²) in [5.41, 5.74) is 1.65. The fraction of sp³-hybridized carbons (Fsp3) is 0.100. The first-order valence-corrected chi connectivity index (χ1v) is 4.93. The Labute approximate surface area is 96.4 Å². The average molecular weight is 238 g/mol. The maximum atomic E-state index is 10.6. The van der Waals surface area contributed by atoms with E-state index < -0.39 is 5.03 Å². The zero-order chi connectivity index (χ0) is 11.7. The molecular weight excluding hydrogens is 230 g/mol. The largest absolute Gasteiger partial charge is 0.339 e. The maximum Gasteiger partial charge on any atom is 0.212 e. The first-order valence-electron chi connectivity index (χ1n) is 4.56. The summed E-state index contributed by atoms with van der Waals surface area (Å²) in [6, 6.07) is 8.72. The molecule has 0 fully saturated rings. The fourth-order valence-corrected chi connectivity index (χ4v) is 1.66. The summed E-state index contributed by atoms with van der Waals surface area (Å²) in [5, 5.41) is 14.4. The molecule has 0 N–H and O–H groups in total. The molecule has 0 aliphatic rings. The number of nitrogens with zero attached hydrogens (tertiary/aromatic N) is 3. The quantitative estimate of drug-likeness (QED) is 0.596. The maximum absolute atomic E-state index is 10.6. The van der Waals surface area contributed by atoms with Gasteiger partial charge in [0.05, 0.1) is 15.2 Å². The highest BCUT2D eigenvalue weighted by atomic mass is 35.5. The third-order valence-corrected chi connectivity index (χ3v) is 2.50. The normalized spacial score (nSPS) is 10.4. The Morgan fingerprint density at radius 2 is 2.12 bits per heavy atom. The number of nitro groups is 1. The van der Waals surface area contributed by atoms with Gasteiger partial charge in [-0.3, -0.25) is 0 Å². The number of aryl methyl sites for hydroxylation is 1. The van der Waals surface area contributed by atoms with Crippen LogP contribution in [0.5, 0.6) is 0 Å². The van der Waals surface area contributed by atoms with Gasteiger partial charge in [-0.1, -0.05) is 23.7 Å². The van der Waals surface area contributed by atoms with Crippen LogP contribution >= 0.6 is 11.6 Å². The van der Waals surface area contributed by atoms with Crippen LogP contribution in [0.25, 0.3) is 11.3 Å². The van der Waals surface area contributed by atoms with Crippen molar-refractivity contribution < 1.29 is 5.03 Å². The van der Waals surface area contributed by atoms with E-state index in [0.717, 1.165) is 4.79 Å². The van der Waals surface area contributed by atoms with Crippen LogP contribution in [0.15, 0.2) is 30.3 Å². The third kappa shape index (κ3) is 1.77. The highest BCUT2D eigenvalue weighted by molar-refractivity contribution is 6.33. The van der Waals surface area contributed by atoms with Crippen LogP contribution in [0.2, 0.25) is 5.02 Å². The van der Waals surface area contributed by atoms with E-state index in [1.165, 1.54) is 0 Å². The van der Waals surface area contributed by atoms with Crippen molar-refractivity contribution in [2.24, 2.45) is 0 Å². The van der Waals surface area contributed by atoms with Crippen molar-refractivity contribution in [3.05, 3.63) is 51.2 Å². The predicted molar refractivity (Wildman–Crippen MR) is 59.8 cm³/mol. The smallest absolute Gasteiger partial charge is 0.212 e. The average Bonchev–Trinajstić information content (AvgIpc) is 2.61. The summed E-state index contributed by atoms with van der Waals surface area (Å²) in [5.74, 6) is 0. The second kappa shape index (κ2) is 3.94. The minimum absolute atomic E-state index is 0.458. The summed E-state index contributed by atoms with van der Waals surface area (Å²) in [4.78, 5) is 11.4. The lowest BCUT2D eigenvalue weighted by Gasteiger charge is -1.94. The molecule has 0 saturated heterocycles. The molecule has 0 unspecified atom stereocenters. The summed E-state index contributed by atoms with van der Waals surface area (Å²) >= 11 is 5.98. The molecule has 82 valence electrons. The molecule has 0 radical (unpaired) electrons. The van der Waals surface area contributed by atoms with Crippen molar-refractivity contribution in [2.75, 3.05) is 0 Å². The Kier molecular flexibility index (Phi) is 2.62. The lowest BCUT2D eigenvalue weighted by atomic mass is 10.1. The van der Waals surface area contributed by atoms with E-state index in [2.05, 4.69) is 5.10 Å². The Morgan fingerprint density at radius 3 is 2.69 bits per heavy atom. The molecule has 0 bridgehead atoms. The van der Waals surface area contributed by atoms with Crippen LogP contribution in [-0.4, -0.2) is 14.9 Å². The van der Waals surface area contributed by atoms with Gasteiger partial charge < -0.3 is 10.1 Å². The zero-order valence-electron chi connectivity index (χ0n) is 8.42. The van der Waals surface area contributed by atoms with Crippen molar-refractivity contribution in [2.45, 2.75) is 6.92 Å². The van der Waals surface area contributed by atoms with Gasteiger partial charge in [0, 0.05) is 16.4 Å². The summed E-state index contributed by atoms with van der Waals surface area (Å²) in [6.45, 7) is 1.62. The van der Waals surface area contributed by atoms with Gasteiger partial charge >= 0.3 is 0 Å². The highest BCUT2D eigenvalue weighted by Gasteiger charge is 2.17. The molecule has 0 amide bonds. The number of aromatic nitrogens is 2. The van der Waals surface area contributed by atoms with Gasteiger partial charge in [-0.15, -0.1) is 0 Å². The van der Waals surface area contributed by atoms with E-state index in [1.807, 2.05) is 6.07 Å². The van der Waals surface area contributed by atoms with Gasteiger partial charge in [-0.25, -0.2) is 0 Å². The fourth-order valence-electron chi connectivity index (χ4n) is 1.43. The molecule has 2 rings (SSSR count). The number of halogens is 1. The molecule has 1 aromatic carbocycles. The van der Waals surface area contributed by atoms with Crippen LogP contribution in [0.4, 0.5) is 0 Å². The predicted octanol–water partition coefficient (Wildman–Crippen LogP) is 2.55. The Morgan fingerprint density at radius 1 is 1.44 bits per heavy atom. The van der Waals surface area contributed by atoms with Crippen LogP contribution < -0.4 is 0 Å². The Balaban J connectivity index is 2.54. The molecule has 1 aromatic heterocycles. The van der Waals surface area contributed by atoms with Gasteiger partial charge in [0.15, 0.2) is 0 Å². The zero-order valence-corrected chi connectivity index (χ0v) is 9.18. The van der Waals surface area contributed by atoms with E-state index >= 15 is 0 Å². The molecule has 0 atom stereocenters. The summed E-state index contributed by atoms with van der Waals surface area (Å²) < 4.78 is 0. The molecule has 0 saturated carbocycles. The van der Waals surface area contributed by atoms with E-state index in [9.17, 15) is 10.1 Å². The molecule has 2 aromatic rings. The number of rotatable bonds is 2. The topological polar surface area (TPSA) is 61.0 Å². The second-order valence-electron chi connectivity index (χ2n) is 3.28. The van der Waals surface area contributed by atoms with Gasteiger partial charge in [0.1, 0.15) is 5.69 Å². The molecule has 0 aliphatic carbocycles. The highest BCUT2D eigenvalue weighted by Crippen LogP contribution is 2.26. The Bertz CT molecular complexity index is 551. The first kappa shape index (κ1) is 10.6. The molecule has 1 heterocycles. The minimum atomic E-state index is -0.574. The van der Waals surface area contributed by atoms with Gasteiger partial charge in [-0.05, 0) is 19.1 Å². The lowest BCUT2D eigenvalue weighted by Crippen LogP contribution is -2.11. The van der Waals surface area contributed by atoms with E-state index in [0.29, 0.717) is 22.0 Å². The molecule has 5 nitrogen and oxygen atoms in total. The minimum Gasteiger partial charge on any atom is -0.339 e. The Hall–Kier alpha value is -1.88. The van der Waals surface area contributed by atoms with Crippen LogP contribution in [-0.2, 0) is 0 Å². The monoisotopic (exact) mass is 237 g/mol. The van der Waals surface area contributed by atoms with E-state index in [4.69, 9.17) is 11.6 Å². The molecule has 6 heteroatoms. The van der Waals surface area contributed by atoms with E-state index in [-0.39, 0.29) is 0 Å². The van der Waals surface area contributed by atoms with Crippen molar-refractivity contribution in [3.63, 3.8) is 0 Å². The van der Waals surface area contributed by atoms with Crippen molar-refractivity contribution >= 4 is 11.6 Å². The first-order chi connectivity index (χ1) is 7.59. The summed E-state index contributed by atoms with van der Waals surface area (Å²) in [6.07, 6.45) is 0. The third-order valence-electron chi connectivity index (χ3n) is 2.17. The number of hydrogen-bond acceptors (Lipinski definition) is 3. The van der Waals surface area contributed by atoms with Crippen molar-refractivity contribution in [3.8, 4) is 11.3 Å². The van der Waals surface area contributed by atoms with Crippen LogP contribution in [0.1, 0.15) is 5.69 Å². The van der Waals surface area contributed by atoms with Crippen molar-refractivity contribution in [1.29, 1.82) is 0 Å².